The van der Waals surface area contributed by atoms with Gasteiger partial charge in [-0.1, -0.05) is 48.0 Å². The molecule has 0 aromatic heterocycles. The van der Waals surface area contributed by atoms with E-state index in [0.29, 0.717) is 5.56 Å². The first-order valence-corrected chi connectivity index (χ1v) is 5.95. The summed E-state index contributed by atoms with van der Waals surface area (Å²) in [5.74, 6) is -2.40. The summed E-state index contributed by atoms with van der Waals surface area (Å²) in [5.41, 5.74) is 0.286. The third-order valence-corrected chi connectivity index (χ3v) is 3.05. The van der Waals surface area contributed by atoms with Gasteiger partial charge in [0.25, 0.3) is 0 Å². The number of hydrogen-bond acceptors (Lipinski definition) is 2. The molecule has 2 rings (SSSR count). The average Bonchev–Trinajstić information content (AvgIpc) is 2.40. The molecule has 0 saturated carbocycles. The van der Waals surface area contributed by atoms with E-state index in [9.17, 15) is 9.18 Å². The highest BCUT2D eigenvalue weighted by molar-refractivity contribution is 6.34. The van der Waals surface area contributed by atoms with Crippen LogP contribution < -0.4 is 0 Å². The van der Waals surface area contributed by atoms with Crippen molar-refractivity contribution in [3.8, 4) is 6.07 Å². The molecule has 1 unspecified atom stereocenters. The molecule has 0 spiro atoms. The van der Waals surface area contributed by atoms with Crippen LogP contribution in [0.5, 0.6) is 0 Å². The van der Waals surface area contributed by atoms with Crippen molar-refractivity contribution in [2.75, 3.05) is 0 Å². The number of benzene rings is 2. The van der Waals surface area contributed by atoms with Gasteiger partial charge in [0, 0.05) is 0 Å². The molecule has 94 valence electrons. The maximum absolute atomic E-state index is 13.7. The quantitative estimate of drug-likeness (QED) is 0.794. The molecule has 0 radical (unpaired) electrons. The number of nitrogens with zero attached hydrogens (tertiary/aromatic N) is 1. The van der Waals surface area contributed by atoms with Crippen molar-refractivity contribution in [2.45, 2.75) is 5.92 Å². The second-order valence-electron chi connectivity index (χ2n) is 3.93. The summed E-state index contributed by atoms with van der Waals surface area (Å²) in [4.78, 5) is 12.3. The summed E-state index contributed by atoms with van der Waals surface area (Å²) in [6.07, 6.45) is 0. The zero-order valence-electron chi connectivity index (χ0n) is 9.81. The van der Waals surface area contributed by atoms with Crippen molar-refractivity contribution in [3.63, 3.8) is 0 Å². The van der Waals surface area contributed by atoms with Gasteiger partial charge in [-0.25, -0.2) is 4.39 Å². The first kappa shape index (κ1) is 13.3. The van der Waals surface area contributed by atoms with E-state index in [1.807, 2.05) is 6.07 Å². The number of carbonyl (C=O) groups is 1. The molecule has 1 atom stereocenters. The molecular weight excluding hydrogens is 265 g/mol. The van der Waals surface area contributed by atoms with Gasteiger partial charge in [-0.2, -0.15) is 5.26 Å². The van der Waals surface area contributed by atoms with Crippen molar-refractivity contribution in [3.05, 3.63) is 70.5 Å². The van der Waals surface area contributed by atoms with Crippen LogP contribution in [-0.2, 0) is 0 Å². The van der Waals surface area contributed by atoms with Crippen LogP contribution in [-0.4, -0.2) is 5.78 Å². The molecule has 0 amide bonds. The number of halogens is 2. The lowest BCUT2D eigenvalue weighted by Gasteiger charge is -2.10. The van der Waals surface area contributed by atoms with Crippen molar-refractivity contribution in [1.29, 1.82) is 5.26 Å². The van der Waals surface area contributed by atoms with E-state index in [1.165, 1.54) is 12.1 Å². The Kier molecular flexibility index (Phi) is 3.94. The van der Waals surface area contributed by atoms with Crippen LogP contribution >= 0.6 is 11.6 Å². The number of hydrogen-bond donors (Lipinski definition) is 0. The number of Topliss-reactive ketones (excluding diaryl/α,β-unsaturated/α-hetero) is 1. The molecular formula is C15H9ClFNO. The summed E-state index contributed by atoms with van der Waals surface area (Å²) in [7, 11) is 0. The van der Waals surface area contributed by atoms with Crippen LogP contribution in [0.15, 0.2) is 48.5 Å². The Labute approximate surface area is 115 Å². The van der Waals surface area contributed by atoms with Gasteiger partial charge in [-0.3, -0.25) is 4.79 Å². The van der Waals surface area contributed by atoms with E-state index < -0.39 is 17.5 Å². The summed E-state index contributed by atoms with van der Waals surface area (Å²) in [6.45, 7) is 0. The second-order valence-corrected chi connectivity index (χ2v) is 4.34. The van der Waals surface area contributed by atoms with Crippen LogP contribution in [0.1, 0.15) is 21.8 Å². The molecule has 2 aromatic rings. The first-order valence-electron chi connectivity index (χ1n) is 5.58. The molecule has 0 bridgehead atoms. The number of rotatable bonds is 3. The van der Waals surface area contributed by atoms with E-state index >= 15 is 0 Å². The molecule has 0 aliphatic carbocycles. The zero-order valence-corrected chi connectivity index (χ0v) is 10.6. The molecule has 19 heavy (non-hydrogen) atoms. The fourth-order valence-corrected chi connectivity index (χ4v) is 2.06. The van der Waals surface area contributed by atoms with Crippen LogP contribution in [0.4, 0.5) is 4.39 Å². The normalized spacial score (nSPS) is 11.6. The Morgan fingerprint density at radius 3 is 2.42 bits per heavy atom. The van der Waals surface area contributed by atoms with Gasteiger partial charge in [0.15, 0.2) is 5.78 Å². The third-order valence-electron chi connectivity index (χ3n) is 2.73. The Hall–Kier alpha value is -2.18. The fourth-order valence-electron chi connectivity index (χ4n) is 1.81. The molecule has 0 aliphatic rings. The highest BCUT2D eigenvalue weighted by atomic mass is 35.5. The number of nitriles is 1. The summed E-state index contributed by atoms with van der Waals surface area (Å²) in [5, 5.41) is 9.17. The predicted octanol–water partition coefficient (Wildman–Crippen LogP) is 3.97. The lowest BCUT2D eigenvalue weighted by molar-refractivity contribution is 0.0975. The fraction of sp³-hybridized carbons (Fsp3) is 0.0667. The van der Waals surface area contributed by atoms with Gasteiger partial charge in [0.05, 0.1) is 16.7 Å². The Bertz CT molecular complexity index is 629. The monoisotopic (exact) mass is 273 g/mol. The van der Waals surface area contributed by atoms with Crippen LogP contribution in [0.25, 0.3) is 0 Å². The first-order chi connectivity index (χ1) is 9.15. The van der Waals surface area contributed by atoms with Crippen molar-refractivity contribution in [1.82, 2.24) is 0 Å². The lowest BCUT2D eigenvalue weighted by Crippen LogP contribution is -2.13. The number of carbonyl (C=O) groups excluding carboxylic acids is 1. The maximum atomic E-state index is 13.7. The Morgan fingerprint density at radius 2 is 1.84 bits per heavy atom. The minimum atomic E-state index is -1.06. The van der Waals surface area contributed by atoms with E-state index in [2.05, 4.69) is 0 Å². The van der Waals surface area contributed by atoms with E-state index in [0.717, 1.165) is 6.07 Å². The van der Waals surface area contributed by atoms with E-state index in [4.69, 9.17) is 16.9 Å². The van der Waals surface area contributed by atoms with Gasteiger partial charge in [-0.05, 0) is 17.7 Å². The predicted molar refractivity (Wildman–Crippen MR) is 70.5 cm³/mol. The summed E-state index contributed by atoms with van der Waals surface area (Å²) >= 11 is 5.84. The van der Waals surface area contributed by atoms with Crippen LogP contribution in [0, 0.1) is 17.1 Å². The van der Waals surface area contributed by atoms with Gasteiger partial charge in [-0.15, -0.1) is 0 Å². The molecule has 0 saturated heterocycles. The number of ketones is 1. The minimum absolute atomic E-state index is 0.0150. The molecule has 4 heteroatoms. The minimum Gasteiger partial charge on any atom is -0.292 e. The smallest absolute Gasteiger partial charge is 0.188 e. The van der Waals surface area contributed by atoms with Crippen molar-refractivity contribution >= 4 is 17.4 Å². The topological polar surface area (TPSA) is 40.9 Å². The van der Waals surface area contributed by atoms with Crippen molar-refractivity contribution in [2.24, 2.45) is 0 Å². The lowest BCUT2D eigenvalue weighted by atomic mass is 9.91. The molecule has 0 aliphatic heterocycles. The SMILES string of the molecule is N#CC(C(=O)c1c(F)cccc1Cl)c1ccccc1. The Morgan fingerprint density at radius 1 is 1.16 bits per heavy atom. The van der Waals surface area contributed by atoms with E-state index in [1.54, 1.807) is 30.3 Å². The standard InChI is InChI=1S/C15H9ClFNO/c16-12-7-4-8-13(17)14(12)15(19)11(9-18)10-5-2-1-3-6-10/h1-8,11H. The van der Waals surface area contributed by atoms with Crippen molar-refractivity contribution < 1.29 is 9.18 Å². The second kappa shape index (κ2) is 5.64. The highest BCUT2D eigenvalue weighted by Crippen LogP contribution is 2.26. The van der Waals surface area contributed by atoms with Crippen LogP contribution in [0.2, 0.25) is 5.02 Å². The molecule has 2 aromatic carbocycles. The Balaban J connectivity index is 2.46. The summed E-state index contributed by atoms with van der Waals surface area (Å²) in [6, 6.07) is 14.4. The van der Waals surface area contributed by atoms with Gasteiger partial charge in [0.1, 0.15) is 11.7 Å². The summed E-state index contributed by atoms with van der Waals surface area (Å²) < 4.78 is 13.7. The molecule has 0 N–H and O–H groups in total. The van der Waals surface area contributed by atoms with Gasteiger partial charge < -0.3 is 0 Å². The van der Waals surface area contributed by atoms with Crippen LogP contribution in [0.3, 0.4) is 0 Å². The van der Waals surface area contributed by atoms with Gasteiger partial charge >= 0.3 is 0 Å². The van der Waals surface area contributed by atoms with E-state index in [-0.39, 0.29) is 10.6 Å². The zero-order chi connectivity index (χ0) is 13.8. The highest BCUT2D eigenvalue weighted by Gasteiger charge is 2.26. The molecule has 0 heterocycles. The third kappa shape index (κ3) is 2.64. The molecule has 0 fully saturated rings. The average molecular weight is 274 g/mol. The van der Waals surface area contributed by atoms with Gasteiger partial charge in [0.2, 0.25) is 0 Å². The molecule has 2 nitrogen and oxygen atoms in total. The largest absolute Gasteiger partial charge is 0.292 e. The maximum Gasteiger partial charge on any atom is 0.188 e.